The van der Waals surface area contributed by atoms with Crippen molar-refractivity contribution in [1.29, 1.82) is 0 Å². The second-order valence-corrected chi connectivity index (χ2v) is 10.6. The van der Waals surface area contributed by atoms with Crippen LogP contribution in [0, 0.1) is 5.92 Å². The summed E-state index contributed by atoms with van der Waals surface area (Å²) in [5.41, 5.74) is 0.568. The van der Waals surface area contributed by atoms with Crippen molar-refractivity contribution < 1.29 is 22.4 Å². The molecule has 0 aliphatic carbocycles. The topological polar surface area (TPSA) is 99.9 Å². The van der Waals surface area contributed by atoms with Crippen LogP contribution in [0.15, 0.2) is 52.0 Å². The van der Waals surface area contributed by atoms with E-state index in [1.165, 1.54) is 6.26 Å². The molecule has 1 aromatic heterocycles. The second-order valence-electron chi connectivity index (χ2n) is 8.73. The average molecular weight is 474 g/mol. The first-order chi connectivity index (χ1) is 15.9. The van der Waals surface area contributed by atoms with Crippen LogP contribution in [0.1, 0.15) is 56.0 Å². The molecule has 0 spiro atoms. The largest absolute Gasteiger partial charge is 0.459 e. The van der Waals surface area contributed by atoms with Gasteiger partial charge in [-0.25, -0.2) is 8.42 Å². The quantitative estimate of drug-likeness (QED) is 0.689. The summed E-state index contributed by atoms with van der Waals surface area (Å²) in [5.74, 6) is -0.164. The van der Waals surface area contributed by atoms with E-state index in [0.29, 0.717) is 43.9 Å². The Labute approximate surface area is 195 Å². The first kappa shape index (κ1) is 23.5. The first-order valence-corrected chi connectivity index (χ1v) is 13.1. The number of furan rings is 1. The minimum absolute atomic E-state index is 0.0497. The van der Waals surface area contributed by atoms with Gasteiger partial charge in [-0.3, -0.25) is 9.59 Å². The van der Waals surface area contributed by atoms with Crippen molar-refractivity contribution in [3.05, 3.63) is 48.4 Å². The maximum absolute atomic E-state index is 13.1. The number of likely N-dealkylation sites (tertiary alicyclic amines) is 1. The standard InChI is InChI=1S/C24H31N3O5S/c1-2-20-6-3-4-14-27(20)33(30,31)21-10-8-19(9-11-21)25-23(28)18-12-15-26(16-13-18)24(29)22-7-5-17-32-22/h5,7-11,17-18,20H,2-4,6,12-16H2,1H3,(H,25,28)/t20-/m1/s1. The summed E-state index contributed by atoms with van der Waals surface area (Å²) in [5, 5.41) is 2.89. The van der Waals surface area contributed by atoms with Crippen LogP contribution in [0.2, 0.25) is 0 Å². The van der Waals surface area contributed by atoms with Crippen molar-refractivity contribution in [2.24, 2.45) is 5.92 Å². The third-order valence-corrected chi connectivity index (χ3v) is 8.62. The number of benzene rings is 1. The first-order valence-electron chi connectivity index (χ1n) is 11.7. The van der Waals surface area contributed by atoms with Gasteiger partial charge in [0, 0.05) is 37.3 Å². The van der Waals surface area contributed by atoms with Gasteiger partial charge in [-0.15, -0.1) is 0 Å². The van der Waals surface area contributed by atoms with Gasteiger partial charge in [0.2, 0.25) is 15.9 Å². The molecule has 1 atom stereocenters. The summed E-state index contributed by atoms with van der Waals surface area (Å²) in [6.07, 6.45) is 6.26. The van der Waals surface area contributed by atoms with Gasteiger partial charge >= 0.3 is 0 Å². The number of amides is 2. The van der Waals surface area contributed by atoms with Crippen LogP contribution in [0.4, 0.5) is 5.69 Å². The number of sulfonamides is 1. The summed E-state index contributed by atoms with van der Waals surface area (Å²) < 4.78 is 33.0. The van der Waals surface area contributed by atoms with Gasteiger partial charge in [-0.2, -0.15) is 4.31 Å². The molecule has 33 heavy (non-hydrogen) atoms. The van der Waals surface area contributed by atoms with Gasteiger partial charge < -0.3 is 14.6 Å². The van der Waals surface area contributed by atoms with Crippen LogP contribution in [0.3, 0.4) is 0 Å². The highest BCUT2D eigenvalue weighted by Crippen LogP contribution is 2.28. The van der Waals surface area contributed by atoms with Gasteiger partial charge in [0.1, 0.15) is 0 Å². The van der Waals surface area contributed by atoms with Gasteiger partial charge in [-0.1, -0.05) is 13.3 Å². The Hall–Kier alpha value is -2.65. The van der Waals surface area contributed by atoms with E-state index in [1.807, 2.05) is 6.92 Å². The number of nitrogens with one attached hydrogen (secondary N) is 1. The molecule has 2 aliphatic heterocycles. The van der Waals surface area contributed by atoms with Crippen molar-refractivity contribution in [3.8, 4) is 0 Å². The minimum Gasteiger partial charge on any atom is -0.459 e. The third kappa shape index (κ3) is 5.14. The lowest BCUT2D eigenvalue weighted by molar-refractivity contribution is -0.121. The Morgan fingerprint density at radius 2 is 1.76 bits per heavy atom. The fourth-order valence-electron chi connectivity index (χ4n) is 4.69. The van der Waals surface area contributed by atoms with Crippen LogP contribution < -0.4 is 5.32 Å². The number of piperidine rings is 2. The molecule has 2 fully saturated rings. The molecule has 2 saturated heterocycles. The van der Waals surface area contributed by atoms with Crippen molar-refractivity contribution in [1.82, 2.24) is 9.21 Å². The van der Waals surface area contributed by atoms with Crippen molar-refractivity contribution in [3.63, 3.8) is 0 Å². The maximum Gasteiger partial charge on any atom is 0.289 e. The zero-order chi connectivity index (χ0) is 23.4. The van der Waals surface area contributed by atoms with Crippen LogP contribution in [-0.4, -0.2) is 55.1 Å². The van der Waals surface area contributed by atoms with Crippen LogP contribution >= 0.6 is 0 Å². The number of anilines is 1. The van der Waals surface area contributed by atoms with Crippen LogP contribution in [0.25, 0.3) is 0 Å². The number of hydrogen-bond acceptors (Lipinski definition) is 5. The summed E-state index contributed by atoms with van der Waals surface area (Å²) in [4.78, 5) is 27.1. The van der Waals surface area contributed by atoms with E-state index in [9.17, 15) is 18.0 Å². The molecule has 0 unspecified atom stereocenters. The van der Waals surface area contributed by atoms with E-state index in [2.05, 4.69) is 5.32 Å². The van der Waals surface area contributed by atoms with E-state index in [1.54, 1.807) is 45.6 Å². The number of nitrogens with zero attached hydrogens (tertiary/aromatic N) is 2. The van der Waals surface area contributed by atoms with Crippen molar-refractivity contribution >= 4 is 27.5 Å². The fraction of sp³-hybridized carbons (Fsp3) is 0.500. The lowest BCUT2D eigenvalue weighted by atomic mass is 9.95. The Balaban J connectivity index is 1.33. The molecule has 0 saturated carbocycles. The highest BCUT2D eigenvalue weighted by molar-refractivity contribution is 7.89. The molecule has 178 valence electrons. The monoisotopic (exact) mass is 473 g/mol. The number of rotatable bonds is 6. The van der Waals surface area contributed by atoms with E-state index >= 15 is 0 Å². The normalized spacial score (nSPS) is 20.5. The molecule has 2 amide bonds. The predicted molar refractivity (Wildman–Crippen MR) is 124 cm³/mol. The van der Waals surface area contributed by atoms with E-state index in [0.717, 1.165) is 25.7 Å². The number of carbonyl (C=O) groups is 2. The molecule has 1 N–H and O–H groups in total. The highest BCUT2D eigenvalue weighted by Gasteiger charge is 2.33. The molecule has 9 heteroatoms. The minimum atomic E-state index is -3.55. The fourth-order valence-corrected chi connectivity index (χ4v) is 6.46. The average Bonchev–Trinajstić information content (AvgIpc) is 3.39. The zero-order valence-electron chi connectivity index (χ0n) is 18.9. The molecule has 0 radical (unpaired) electrons. The van der Waals surface area contributed by atoms with Gasteiger partial charge in [0.25, 0.3) is 5.91 Å². The summed E-state index contributed by atoms with van der Waals surface area (Å²) >= 11 is 0. The second kappa shape index (κ2) is 10.1. The van der Waals surface area contributed by atoms with Crippen LogP contribution in [0.5, 0.6) is 0 Å². The Morgan fingerprint density at radius 3 is 2.39 bits per heavy atom. The SMILES string of the molecule is CC[C@@H]1CCCCN1S(=O)(=O)c1ccc(NC(=O)C2CCN(C(=O)c3ccco3)CC2)cc1. The molecule has 0 bridgehead atoms. The summed E-state index contributed by atoms with van der Waals surface area (Å²) in [6.45, 7) is 3.56. The van der Waals surface area contributed by atoms with E-state index < -0.39 is 10.0 Å². The molecular formula is C24H31N3O5S. The third-order valence-electron chi connectivity index (χ3n) is 6.66. The van der Waals surface area contributed by atoms with Gasteiger partial charge in [0.05, 0.1) is 11.2 Å². The molecular weight excluding hydrogens is 442 g/mol. The van der Waals surface area contributed by atoms with E-state index in [-0.39, 0.29) is 28.7 Å². The smallest absolute Gasteiger partial charge is 0.289 e. The van der Waals surface area contributed by atoms with Gasteiger partial charge in [-0.05, 0) is 68.5 Å². The highest BCUT2D eigenvalue weighted by atomic mass is 32.2. The zero-order valence-corrected chi connectivity index (χ0v) is 19.7. The molecule has 3 heterocycles. The Kier molecular flexibility index (Phi) is 7.19. The lowest BCUT2D eigenvalue weighted by Crippen LogP contribution is -2.43. The molecule has 2 aromatic rings. The van der Waals surface area contributed by atoms with Crippen molar-refractivity contribution in [2.45, 2.75) is 56.4 Å². The maximum atomic E-state index is 13.1. The van der Waals surface area contributed by atoms with Crippen molar-refractivity contribution in [2.75, 3.05) is 25.0 Å². The number of carbonyl (C=O) groups excluding carboxylic acids is 2. The molecule has 8 nitrogen and oxygen atoms in total. The van der Waals surface area contributed by atoms with Crippen LogP contribution in [-0.2, 0) is 14.8 Å². The molecule has 2 aliphatic rings. The summed E-state index contributed by atoms with van der Waals surface area (Å²) in [6, 6.07) is 9.79. The predicted octanol–water partition coefficient (Wildman–Crippen LogP) is 3.72. The molecule has 4 rings (SSSR count). The van der Waals surface area contributed by atoms with E-state index in [4.69, 9.17) is 4.42 Å². The van der Waals surface area contributed by atoms with Gasteiger partial charge in [0.15, 0.2) is 5.76 Å². The molecule has 1 aromatic carbocycles. The Bertz CT molecular complexity index is 1060. The summed E-state index contributed by atoms with van der Waals surface area (Å²) in [7, 11) is -3.55. The Morgan fingerprint density at radius 1 is 1.03 bits per heavy atom. The lowest BCUT2D eigenvalue weighted by Gasteiger charge is -2.34. The number of hydrogen-bond donors (Lipinski definition) is 1.